The summed E-state index contributed by atoms with van der Waals surface area (Å²) in [4.78, 5) is 11.5. The second-order valence-corrected chi connectivity index (χ2v) is 6.21. The molecule has 0 aliphatic heterocycles. The molecule has 0 amide bonds. The van der Waals surface area contributed by atoms with E-state index in [9.17, 15) is 4.79 Å². The molecule has 98 valence electrons. The van der Waals surface area contributed by atoms with Gasteiger partial charge in [-0.1, -0.05) is 32.9 Å². The van der Waals surface area contributed by atoms with Gasteiger partial charge in [0.2, 0.25) is 0 Å². The van der Waals surface area contributed by atoms with Crippen LogP contribution in [-0.4, -0.2) is 12.6 Å². The van der Waals surface area contributed by atoms with Crippen LogP contribution in [0.3, 0.4) is 0 Å². The van der Waals surface area contributed by atoms with Crippen molar-refractivity contribution in [1.82, 2.24) is 0 Å². The Kier molecular flexibility index (Phi) is 4.79. The summed E-state index contributed by atoms with van der Waals surface area (Å²) >= 11 is 0. The first kappa shape index (κ1) is 14.3. The SMILES string of the molecule is C=C1C[C@@H](C(C)(C)C)CC[C@H]1CC(=O)OCC. The first-order chi connectivity index (χ1) is 7.84. The topological polar surface area (TPSA) is 26.3 Å². The molecule has 0 aromatic rings. The van der Waals surface area contributed by atoms with Crippen LogP contribution in [0.15, 0.2) is 12.2 Å². The summed E-state index contributed by atoms with van der Waals surface area (Å²) < 4.78 is 5.01. The van der Waals surface area contributed by atoms with E-state index in [1.807, 2.05) is 6.92 Å². The van der Waals surface area contributed by atoms with E-state index in [4.69, 9.17) is 4.74 Å². The molecule has 0 saturated heterocycles. The molecule has 1 aliphatic rings. The maximum atomic E-state index is 11.5. The van der Waals surface area contributed by atoms with Gasteiger partial charge in [0.15, 0.2) is 0 Å². The van der Waals surface area contributed by atoms with E-state index < -0.39 is 0 Å². The Labute approximate surface area is 105 Å². The fourth-order valence-corrected chi connectivity index (χ4v) is 2.60. The van der Waals surface area contributed by atoms with Crippen molar-refractivity contribution in [2.75, 3.05) is 6.61 Å². The van der Waals surface area contributed by atoms with Crippen molar-refractivity contribution in [3.8, 4) is 0 Å². The minimum atomic E-state index is -0.0761. The van der Waals surface area contributed by atoms with Crippen molar-refractivity contribution in [1.29, 1.82) is 0 Å². The first-order valence-electron chi connectivity index (χ1n) is 6.68. The van der Waals surface area contributed by atoms with Crippen molar-refractivity contribution >= 4 is 5.97 Å². The second kappa shape index (κ2) is 5.70. The van der Waals surface area contributed by atoms with Crippen LogP contribution >= 0.6 is 0 Å². The Hall–Kier alpha value is -0.790. The number of rotatable bonds is 3. The van der Waals surface area contributed by atoms with Crippen LogP contribution in [0.4, 0.5) is 0 Å². The molecular formula is C15H26O2. The minimum absolute atomic E-state index is 0.0761. The molecule has 17 heavy (non-hydrogen) atoms. The molecule has 2 heteroatoms. The molecule has 1 aliphatic carbocycles. The van der Waals surface area contributed by atoms with Crippen molar-refractivity contribution in [3.63, 3.8) is 0 Å². The number of carbonyl (C=O) groups excluding carboxylic acids is 1. The highest BCUT2D eigenvalue weighted by molar-refractivity contribution is 5.70. The summed E-state index contributed by atoms with van der Waals surface area (Å²) in [6.07, 6.45) is 3.86. The zero-order valence-corrected chi connectivity index (χ0v) is 11.7. The molecule has 0 radical (unpaired) electrons. The van der Waals surface area contributed by atoms with Gasteiger partial charge in [0.1, 0.15) is 0 Å². The van der Waals surface area contributed by atoms with Crippen molar-refractivity contribution in [2.24, 2.45) is 17.3 Å². The van der Waals surface area contributed by atoms with E-state index in [1.54, 1.807) is 0 Å². The lowest BCUT2D eigenvalue weighted by Gasteiger charge is -2.38. The van der Waals surface area contributed by atoms with E-state index in [0.717, 1.165) is 12.8 Å². The molecule has 2 atom stereocenters. The third-order valence-corrected chi connectivity index (χ3v) is 3.89. The van der Waals surface area contributed by atoms with E-state index in [2.05, 4.69) is 27.4 Å². The summed E-state index contributed by atoms with van der Waals surface area (Å²) in [7, 11) is 0. The second-order valence-electron chi connectivity index (χ2n) is 6.21. The third-order valence-electron chi connectivity index (χ3n) is 3.89. The molecular weight excluding hydrogens is 212 g/mol. The minimum Gasteiger partial charge on any atom is -0.466 e. The lowest BCUT2D eigenvalue weighted by molar-refractivity contribution is -0.144. The normalized spacial score (nSPS) is 25.8. The van der Waals surface area contributed by atoms with E-state index in [-0.39, 0.29) is 5.97 Å². The van der Waals surface area contributed by atoms with E-state index in [0.29, 0.717) is 30.3 Å². The number of hydrogen-bond donors (Lipinski definition) is 0. The summed E-state index contributed by atoms with van der Waals surface area (Å²) in [5.41, 5.74) is 1.59. The maximum absolute atomic E-state index is 11.5. The Morgan fingerprint density at radius 1 is 1.41 bits per heavy atom. The monoisotopic (exact) mass is 238 g/mol. The fourth-order valence-electron chi connectivity index (χ4n) is 2.60. The molecule has 0 unspecified atom stereocenters. The lowest BCUT2D eigenvalue weighted by Crippen LogP contribution is -2.28. The summed E-state index contributed by atoms with van der Waals surface area (Å²) in [6.45, 7) is 13.4. The largest absolute Gasteiger partial charge is 0.466 e. The molecule has 2 nitrogen and oxygen atoms in total. The van der Waals surface area contributed by atoms with Gasteiger partial charge in [0, 0.05) is 0 Å². The highest BCUT2D eigenvalue weighted by atomic mass is 16.5. The molecule has 1 rings (SSSR count). The van der Waals surface area contributed by atoms with Crippen LogP contribution in [0, 0.1) is 17.3 Å². The van der Waals surface area contributed by atoms with Crippen molar-refractivity contribution < 1.29 is 9.53 Å². The quantitative estimate of drug-likeness (QED) is 0.549. The van der Waals surface area contributed by atoms with Gasteiger partial charge >= 0.3 is 5.97 Å². The van der Waals surface area contributed by atoms with Gasteiger partial charge in [0.25, 0.3) is 0 Å². The highest BCUT2D eigenvalue weighted by Gasteiger charge is 2.32. The van der Waals surface area contributed by atoms with Gasteiger partial charge in [-0.2, -0.15) is 0 Å². The van der Waals surface area contributed by atoms with Gasteiger partial charge in [-0.05, 0) is 43.4 Å². The number of carbonyl (C=O) groups is 1. The number of ether oxygens (including phenoxy) is 1. The third kappa shape index (κ3) is 4.18. The first-order valence-corrected chi connectivity index (χ1v) is 6.68. The Morgan fingerprint density at radius 2 is 2.06 bits per heavy atom. The predicted octanol–water partition coefficient (Wildman–Crippen LogP) is 3.96. The number of esters is 1. The van der Waals surface area contributed by atoms with Crippen LogP contribution < -0.4 is 0 Å². The van der Waals surface area contributed by atoms with Gasteiger partial charge in [-0.25, -0.2) is 0 Å². The van der Waals surface area contributed by atoms with E-state index >= 15 is 0 Å². The predicted molar refractivity (Wildman–Crippen MR) is 70.7 cm³/mol. The smallest absolute Gasteiger partial charge is 0.306 e. The van der Waals surface area contributed by atoms with Crippen LogP contribution in [0.5, 0.6) is 0 Å². The summed E-state index contributed by atoms with van der Waals surface area (Å²) in [5, 5.41) is 0. The van der Waals surface area contributed by atoms with E-state index in [1.165, 1.54) is 12.0 Å². The molecule has 0 aromatic carbocycles. The molecule has 0 bridgehead atoms. The van der Waals surface area contributed by atoms with Crippen LogP contribution in [-0.2, 0) is 9.53 Å². The molecule has 0 spiro atoms. The van der Waals surface area contributed by atoms with Gasteiger partial charge < -0.3 is 4.74 Å². The summed E-state index contributed by atoms with van der Waals surface area (Å²) in [5.74, 6) is 0.967. The average Bonchev–Trinajstić information content (AvgIpc) is 2.20. The van der Waals surface area contributed by atoms with Gasteiger partial charge in [0.05, 0.1) is 13.0 Å². The Balaban J connectivity index is 2.49. The molecule has 0 heterocycles. The summed E-state index contributed by atoms with van der Waals surface area (Å²) in [6, 6.07) is 0. The highest BCUT2D eigenvalue weighted by Crippen LogP contribution is 2.42. The fraction of sp³-hybridized carbons (Fsp3) is 0.800. The Bertz CT molecular complexity index is 286. The van der Waals surface area contributed by atoms with Crippen molar-refractivity contribution in [3.05, 3.63) is 12.2 Å². The lowest BCUT2D eigenvalue weighted by atomic mass is 9.67. The van der Waals surface area contributed by atoms with Crippen LogP contribution in [0.25, 0.3) is 0 Å². The van der Waals surface area contributed by atoms with Crippen molar-refractivity contribution in [2.45, 2.75) is 53.4 Å². The number of hydrogen-bond acceptors (Lipinski definition) is 2. The van der Waals surface area contributed by atoms with Gasteiger partial charge in [-0.3, -0.25) is 4.79 Å². The maximum Gasteiger partial charge on any atom is 0.306 e. The van der Waals surface area contributed by atoms with Gasteiger partial charge in [-0.15, -0.1) is 0 Å². The average molecular weight is 238 g/mol. The molecule has 0 aromatic heterocycles. The number of allylic oxidation sites excluding steroid dienone is 1. The standard InChI is InChI=1S/C15H26O2/c1-6-17-14(16)10-12-7-8-13(9-11(12)2)15(3,4)5/h12-13H,2,6-10H2,1,3-5H3/t12-,13-/m0/s1. The molecule has 1 saturated carbocycles. The van der Waals surface area contributed by atoms with Crippen LogP contribution in [0.1, 0.15) is 53.4 Å². The molecule has 1 fully saturated rings. The van der Waals surface area contributed by atoms with Crippen LogP contribution in [0.2, 0.25) is 0 Å². The zero-order valence-electron chi connectivity index (χ0n) is 11.7. The Morgan fingerprint density at radius 3 is 2.53 bits per heavy atom. The molecule has 0 N–H and O–H groups in total. The zero-order chi connectivity index (χ0) is 13.1.